The van der Waals surface area contributed by atoms with Gasteiger partial charge >= 0.3 is 0 Å². The molecule has 0 radical (unpaired) electrons. The molecular weight excluding hydrogens is 202 g/mol. The molecule has 1 aliphatic rings. The first-order valence-corrected chi connectivity index (χ1v) is 6.45. The molecule has 1 N–H and O–H groups in total. The maximum Gasteiger partial charge on any atom is 0.0149 e. The van der Waals surface area contributed by atoms with Crippen molar-refractivity contribution in [1.82, 2.24) is 5.32 Å². The van der Waals surface area contributed by atoms with Crippen LogP contribution in [0.25, 0.3) is 0 Å². The predicted molar refractivity (Wildman–Crippen MR) is 62.6 cm³/mol. The summed E-state index contributed by atoms with van der Waals surface area (Å²) in [6.07, 6.45) is 5.99. The zero-order valence-corrected chi connectivity index (χ0v) is 9.70. The van der Waals surface area contributed by atoms with E-state index < -0.39 is 0 Å². The fourth-order valence-corrected chi connectivity index (χ4v) is 3.02. The van der Waals surface area contributed by atoms with Crippen LogP contribution in [0.1, 0.15) is 26.2 Å². The summed E-state index contributed by atoms with van der Waals surface area (Å²) in [6.45, 7) is 3.15. The Kier molecular flexibility index (Phi) is 5.92. The molecule has 0 aromatic rings. The molecule has 0 aromatic heterocycles. The van der Waals surface area contributed by atoms with E-state index in [2.05, 4.69) is 24.0 Å². The summed E-state index contributed by atoms with van der Waals surface area (Å²) in [7, 11) is 0. The number of nitrogens with one attached hydrogen (secondary N) is 1. The van der Waals surface area contributed by atoms with Crippen molar-refractivity contribution in [2.24, 2.45) is 0 Å². The van der Waals surface area contributed by atoms with Gasteiger partial charge in [-0.25, -0.2) is 0 Å². The van der Waals surface area contributed by atoms with Crippen LogP contribution in [0.15, 0.2) is 11.6 Å². The van der Waals surface area contributed by atoms with Gasteiger partial charge in [0.2, 0.25) is 0 Å². The van der Waals surface area contributed by atoms with Crippen molar-refractivity contribution < 1.29 is 0 Å². The van der Waals surface area contributed by atoms with Gasteiger partial charge in [-0.2, -0.15) is 11.8 Å². The highest BCUT2D eigenvalue weighted by Gasteiger charge is 2.23. The van der Waals surface area contributed by atoms with Crippen LogP contribution in [-0.2, 0) is 0 Å². The summed E-state index contributed by atoms with van der Waals surface area (Å²) < 4.78 is 0. The van der Waals surface area contributed by atoms with Crippen LogP contribution in [0.5, 0.6) is 0 Å². The zero-order valence-electron chi connectivity index (χ0n) is 8.13. The molecule has 2 unspecified atom stereocenters. The molecule has 2 atom stereocenters. The first-order chi connectivity index (χ1) is 6.36. The Hall–Kier alpha value is 0.340. The smallest absolute Gasteiger partial charge is 0.0149 e. The maximum absolute atomic E-state index is 5.44. The van der Waals surface area contributed by atoms with Gasteiger partial charge in [0.1, 0.15) is 0 Å². The van der Waals surface area contributed by atoms with E-state index in [-0.39, 0.29) is 0 Å². The Bertz CT molecular complexity index is 161. The maximum atomic E-state index is 5.44. The topological polar surface area (TPSA) is 12.0 Å². The third-order valence-corrected chi connectivity index (χ3v) is 3.81. The van der Waals surface area contributed by atoms with Crippen molar-refractivity contribution in [2.45, 2.75) is 37.5 Å². The number of hydrogen-bond donors (Lipinski definition) is 1. The second-order valence-corrected chi connectivity index (χ2v) is 5.19. The average Bonchev–Trinajstić information content (AvgIpc) is 2.54. The summed E-state index contributed by atoms with van der Waals surface area (Å²) in [5.41, 5.74) is 1.58. The summed E-state index contributed by atoms with van der Waals surface area (Å²) >= 11 is 7.54. The molecule has 0 bridgehead atoms. The molecule has 3 heteroatoms. The van der Waals surface area contributed by atoms with Crippen molar-refractivity contribution in [3.8, 4) is 0 Å². The van der Waals surface area contributed by atoms with Crippen LogP contribution in [0.3, 0.4) is 0 Å². The lowest BCUT2D eigenvalue weighted by molar-refractivity contribution is 0.558. The van der Waals surface area contributed by atoms with Crippen LogP contribution >= 0.6 is 23.4 Å². The molecule has 76 valence electrons. The van der Waals surface area contributed by atoms with E-state index in [0.29, 0.717) is 0 Å². The van der Waals surface area contributed by atoms with E-state index in [1.807, 2.05) is 6.08 Å². The third kappa shape index (κ3) is 4.39. The van der Waals surface area contributed by atoms with E-state index in [1.165, 1.54) is 25.0 Å². The molecule has 0 aromatic carbocycles. The molecule has 0 amide bonds. The summed E-state index contributed by atoms with van der Waals surface area (Å²) in [5.74, 6) is 1.25. The van der Waals surface area contributed by atoms with E-state index in [4.69, 9.17) is 11.6 Å². The van der Waals surface area contributed by atoms with E-state index in [0.717, 1.165) is 17.8 Å². The van der Waals surface area contributed by atoms with E-state index >= 15 is 0 Å². The molecule has 1 aliphatic carbocycles. The minimum absolute atomic E-state index is 0.719. The first-order valence-electron chi connectivity index (χ1n) is 4.97. The number of rotatable bonds is 5. The highest BCUT2D eigenvalue weighted by atomic mass is 35.5. The Morgan fingerprint density at radius 2 is 2.38 bits per heavy atom. The van der Waals surface area contributed by atoms with Crippen LogP contribution < -0.4 is 5.32 Å². The average molecular weight is 220 g/mol. The highest BCUT2D eigenvalue weighted by Crippen LogP contribution is 2.29. The number of hydrogen-bond acceptors (Lipinski definition) is 2. The van der Waals surface area contributed by atoms with Crippen LogP contribution in [0.2, 0.25) is 0 Å². The van der Waals surface area contributed by atoms with Crippen LogP contribution in [0.4, 0.5) is 0 Å². The third-order valence-electron chi connectivity index (χ3n) is 2.40. The van der Waals surface area contributed by atoms with Crippen LogP contribution in [0, 0.1) is 0 Å². The Balaban J connectivity index is 2.10. The van der Waals surface area contributed by atoms with Crippen molar-refractivity contribution in [3.63, 3.8) is 0 Å². The molecule has 13 heavy (non-hydrogen) atoms. The summed E-state index contributed by atoms with van der Waals surface area (Å²) in [4.78, 5) is 0. The number of thioether (sulfide) groups is 1. The van der Waals surface area contributed by atoms with Crippen molar-refractivity contribution in [1.29, 1.82) is 0 Å². The Morgan fingerprint density at radius 3 is 3.08 bits per heavy atom. The SMILES string of the molecule is CCSC1CCC(NC/C=C/Cl)C1. The van der Waals surface area contributed by atoms with Gasteiger partial charge in [0.25, 0.3) is 0 Å². The summed E-state index contributed by atoms with van der Waals surface area (Å²) in [6, 6.07) is 0.719. The van der Waals surface area contributed by atoms with Crippen molar-refractivity contribution in [3.05, 3.63) is 11.6 Å². The van der Waals surface area contributed by atoms with Crippen molar-refractivity contribution >= 4 is 23.4 Å². The van der Waals surface area contributed by atoms with Crippen LogP contribution in [-0.4, -0.2) is 23.6 Å². The fourth-order valence-electron chi connectivity index (χ4n) is 1.79. The standard InChI is InChI=1S/C10H18ClNS/c1-2-13-10-5-4-9(8-10)12-7-3-6-11/h3,6,9-10,12H,2,4-5,7-8H2,1H3/b6-3+. The van der Waals surface area contributed by atoms with Gasteiger partial charge in [-0.15, -0.1) is 0 Å². The minimum atomic E-state index is 0.719. The molecule has 0 aliphatic heterocycles. The Morgan fingerprint density at radius 1 is 1.54 bits per heavy atom. The van der Waals surface area contributed by atoms with Crippen molar-refractivity contribution in [2.75, 3.05) is 12.3 Å². The lowest BCUT2D eigenvalue weighted by Gasteiger charge is -2.10. The molecule has 1 fully saturated rings. The highest BCUT2D eigenvalue weighted by molar-refractivity contribution is 7.99. The van der Waals surface area contributed by atoms with E-state index in [9.17, 15) is 0 Å². The molecule has 1 rings (SSSR count). The zero-order chi connectivity index (χ0) is 9.52. The van der Waals surface area contributed by atoms with Gasteiger partial charge in [0, 0.05) is 23.4 Å². The molecule has 1 nitrogen and oxygen atoms in total. The lowest BCUT2D eigenvalue weighted by atomic mass is 10.2. The van der Waals surface area contributed by atoms with Gasteiger partial charge in [0.15, 0.2) is 0 Å². The number of halogens is 1. The Labute approximate surface area is 90.3 Å². The lowest BCUT2D eigenvalue weighted by Crippen LogP contribution is -2.26. The molecule has 0 spiro atoms. The van der Waals surface area contributed by atoms with Gasteiger partial charge < -0.3 is 5.32 Å². The second kappa shape index (κ2) is 6.74. The molecule has 1 saturated carbocycles. The minimum Gasteiger partial charge on any atom is -0.310 e. The van der Waals surface area contributed by atoms with Gasteiger partial charge in [0.05, 0.1) is 0 Å². The normalized spacial score (nSPS) is 28.8. The fraction of sp³-hybridized carbons (Fsp3) is 0.800. The first kappa shape index (κ1) is 11.4. The predicted octanol–water partition coefficient (Wildman–Crippen LogP) is 3.00. The molecule has 0 saturated heterocycles. The second-order valence-electron chi connectivity index (χ2n) is 3.36. The van der Waals surface area contributed by atoms with E-state index in [1.54, 1.807) is 5.54 Å². The molecule has 0 heterocycles. The monoisotopic (exact) mass is 219 g/mol. The molecular formula is C10H18ClNS. The largest absolute Gasteiger partial charge is 0.310 e. The van der Waals surface area contributed by atoms with Gasteiger partial charge in [-0.1, -0.05) is 24.6 Å². The van der Waals surface area contributed by atoms with Gasteiger partial charge in [-0.05, 0) is 25.0 Å². The summed E-state index contributed by atoms with van der Waals surface area (Å²) in [5, 5.41) is 4.38. The van der Waals surface area contributed by atoms with Gasteiger partial charge in [-0.3, -0.25) is 0 Å². The quantitative estimate of drug-likeness (QED) is 0.763.